The molecule has 0 radical (unpaired) electrons. The molecule has 2 heterocycles. The highest BCUT2D eigenvalue weighted by molar-refractivity contribution is 6.06. The molecule has 0 saturated carbocycles. The highest BCUT2D eigenvalue weighted by Gasteiger charge is 2.52. The Morgan fingerprint density at radius 3 is 2.28 bits per heavy atom. The van der Waals surface area contributed by atoms with Crippen LogP contribution in [-0.2, 0) is 20.8 Å². The molecular weight excluding hydrogens is 372 g/mol. The van der Waals surface area contributed by atoms with Crippen LogP contribution in [0.5, 0.6) is 11.5 Å². The first-order valence-electron chi connectivity index (χ1n) is 10.0. The van der Waals surface area contributed by atoms with Gasteiger partial charge in [-0.3, -0.25) is 19.3 Å². The predicted molar refractivity (Wildman–Crippen MR) is 105 cm³/mol. The van der Waals surface area contributed by atoms with E-state index >= 15 is 0 Å². The van der Waals surface area contributed by atoms with Gasteiger partial charge in [0.2, 0.25) is 17.7 Å². The molecule has 0 bridgehead atoms. The number of amides is 3. The molecule has 0 N–H and O–H groups in total. The SMILES string of the molecule is COc1ccc(CCC(=O)N2CC(N3C(=O)C4CC=CCC4C3=O)C2)c(OC)c1. The van der Waals surface area contributed by atoms with Crippen molar-refractivity contribution in [2.45, 2.75) is 31.7 Å². The molecule has 7 nitrogen and oxygen atoms in total. The van der Waals surface area contributed by atoms with Gasteiger partial charge in [-0.25, -0.2) is 0 Å². The largest absolute Gasteiger partial charge is 0.497 e. The van der Waals surface area contributed by atoms with Gasteiger partial charge in [0.05, 0.1) is 32.1 Å². The Hall–Kier alpha value is -2.83. The minimum Gasteiger partial charge on any atom is -0.497 e. The maximum absolute atomic E-state index is 12.6. The molecule has 1 aliphatic carbocycles. The predicted octanol–water partition coefficient (Wildman–Crippen LogP) is 1.80. The Balaban J connectivity index is 1.31. The number of likely N-dealkylation sites (tertiary alicyclic amines) is 2. The maximum Gasteiger partial charge on any atom is 0.233 e. The molecule has 0 aromatic heterocycles. The number of aryl methyl sites for hydroxylation is 1. The monoisotopic (exact) mass is 398 g/mol. The van der Waals surface area contributed by atoms with Crippen LogP contribution in [0.2, 0.25) is 0 Å². The van der Waals surface area contributed by atoms with Gasteiger partial charge in [-0.05, 0) is 30.9 Å². The van der Waals surface area contributed by atoms with E-state index in [2.05, 4.69) is 0 Å². The average Bonchev–Trinajstić information content (AvgIpc) is 2.96. The molecule has 2 unspecified atom stereocenters. The van der Waals surface area contributed by atoms with Crippen LogP contribution < -0.4 is 9.47 Å². The second kappa shape index (κ2) is 7.89. The first-order chi connectivity index (χ1) is 14.0. The van der Waals surface area contributed by atoms with Gasteiger partial charge in [-0.2, -0.15) is 0 Å². The average molecular weight is 398 g/mol. The summed E-state index contributed by atoms with van der Waals surface area (Å²) in [5.74, 6) is 0.882. The number of imide groups is 1. The summed E-state index contributed by atoms with van der Waals surface area (Å²) in [7, 11) is 3.19. The van der Waals surface area contributed by atoms with Gasteiger partial charge in [0, 0.05) is 25.6 Å². The molecule has 3 amide bonds. The molecule has 1 aromatic rings. The van der Waals surface area contributed by atoms with Crippen molar-refractivity contribution in [1.82, 2.24) is 9.80 Å². The number of nitrogens with zero attached hydrogens (tertiary/aromatic N) is 2. The topological polar surface area (TPSA) is 76.2 Å². The van der Waals surface area contributed by atoms with Crippen molar-refractivity contribution in [2.75, 3.05) is 27.3 Å². The molecule has 2 fully saturated rings. The van der Waals surface area contributed by atoms with Crippen LogP contribution in [0, 0.1) is 11.8 Å². The van der Waals surface area contributed by atoms with E-state index in [0.717, 1.165) is 5.56 Å². The summed E-state index contributed by atoms with van der Waals surface area (Å²) in [5, 5.41) is 0. The number of ether oxygens (including phenoxy) is 2. The molecule has 0 spiro atoms. The van der Waals surface area contributed by atoms with E-state index < -0.39 is 0 Å². The number of carbonyl (C=O) groups is 3. The Labute approximate surface area is 170 Å². The first-order valence-corrected chi connectivity index (χ1v) is 10.0. The van der Waals surface area contributed by atoms with Gasteiger partial charge in [-0.15, -0.1) is 0 Å². The molecular formula is C22H26N2O5. The van der Waals surface area contributed by atoms with Crippen molar-refractivity contribution in [2.24, 2.45) is 11.8 Å². The number of hydrogen-bond acceptors (Lipinski definition) is 5. The number of benzene rings is 1. The van der Waals surface area contributed by atoms with Crippen molar-refractivity contribution in [1.29, 1.82) is 0 Å². The highest BCUT2D eigenvalue weighted by Crippen LogP contribution is 2.37. The maximum atomic E-state index is 12.6. The Morgan fingerprint density at radius 1 is 1.03 bits per heavy atom. The summed E-state index contributed by atoms with van der Waals surface area (Å²) in [4.78, 5) is 41.0. The molecule has 2 saturated heterocycles. The van der Waals surface area contributed by atoms with Crippen molar-refractivity contribution in [3.05, 3.63) is 35.9 Å². The minimum atomic E-state index is -0.209. The summed E-state index contributed by atoms with van der Waals surface area (Å²) in [6.45, 7) is 0.867. The lowest BCUT2D eigenvalue weighted by Crippen LogP contribution is -2.62. The van der Waals surface area contributed by atoms with Gasteiger partial charge in [-0.1, -0.05) is 18.2 Å². The second-order valence-electron chi connectivity index (χ2n) is 7.83. The van der Waals surface area contributed by atoms with Crippen LogP contribution in [-0.4, -0.2) is 60.9 Å². The number of hydrogen-bond donors (Lipinski definition) is 0. The summed E-state index contributed by atoms with van der Waals surface area (Å²) < 4.78 is 10.6. The number of carbonyl (C=O) groups excluding carboxylic acids is 3. The molecule has 1 aromatic carbocycles. The molecule has 3 aliphatic rings. The fraction of sp³-hybridized carbons (Fsp3) is 0.500. The quantitative estimate of drug-likeness (QED) is 0.540. The summed E-state index contributed by atoms with van der Waals surface area (Å²) in [5.41, 5.74) is 0.945. The van der Waals surface area contributed by atoms with E-state index in [4.69, 9.17) is 9.47 Å². The zero-order chi connectivity index (χ0) is 20.5. The number of allylic oxidation sites excluding steroid dienone is 2. The van der Waals surface area contributed by atoms with E-state index in [-0.39, 0.29) is 35.6 Å². The van der Waals surface area contributed by atoms with Gasteiger partial charge in [0.15, 0.2) is 0 Å². The van der Waals surface area contributed by atoms with Crippen molar-refractivity contribution in [3.8, 4) is 11.5 Å². The molecule has 29 heavy (non-hydrogen) atoms. The zero-order valence-corrected chi connectivity index (χ0v) is 16.8. The molecule has 154 valence electrons. The van der Waals surface area contributed by atoms with Crippen LogP contribution in [0.15, 0.2) is 30.4 Å². The lowest BCUT2D eigenvalue weighted by Gasteiger charge is -2.43. The Morgan fingerprint density at radius 2 is 1.69 bits per heavy atom. The van der Waals surface area contributed by atoms with Gasteiger partial charge in [0.25, 0.3) is 0 Å². The third-order valence-corrected chi connectivity index (χ3v) is 6.22. The van der Waals surface area contributed by atoms with Crippen LogP contribution in [0.1, 0.15) is 24.8 Å². The molecule has 7 heteroatoms. The smallest absolute Gasteiger partial charge is 0.233 e. The van der Waals surface area contributed by atoms with Gasteiger partial charge >= 0.3 is 0 Å². The lowest BCUT2D eigenvalue weighted by atomic mass is 9.85. The van der Waals surface area contributed by atoms with Crippen molar-refractivity contribution < 1.29 is 23.9 Å². The molecule has 4 rings (SSSR count). The fourth-order valence-corrected chi connectivity index (χ4v) is 4.47. The second-order valence-corrected chi connectivity index (χ2v) is 7.83. The van der Waals surface area contributed by atoms with Crippen LogP contribution in [0.25, 0.3) is 0 Å². The fourth-order valence-electron chi connectivity index (χ4n) is 4.47. The molecule has 2 atom stereocenters. The first kappa shape index (κ1) is 19.5. The summed E-state index contributed by atoms with van der Waals surface area (Å²) in [6, 6.07) is 5.38. The van der Waals surface area contributed by atoms with E-state index in [1.165, 1.54) is 4.90 Å². The van der Waals surface area contributed by atoms with Gasteiger partial charge in [0.1, 0.15) is 11.5 Å². The van der Waals surface area contributed by atoms with E-state index in [1.54, 1.807) is 25.2 Å². The van der Waals surface area contributed by atoms with Crippen molar-refractivity contribution in [3.63, 3.8) is 0 Å². The Kier molecular flexibility index (Phi) is 5.30. The third kappa shape index (κ3) is 3.50. The van der Waals surface area contributed by atoms with E-state index in [9.17, 15) is 14.4 Å². The normalized spacial score (nSPS) is 23.8. The zero-order valence-electron chi connectivity index (χ0n) is 16.8. The highest BCUT2D eigenvalue weighted by atomic mass is 16.5. The standard InChI is InChI=1S/C22H26N2O5/c1-28-16-9-7-14(19(11-16)29-2)8-10-20(25)23-12-15(13-23)24-21(26)17-5-3-4-6-18(17)22(24)27/h3-4,7,9,11,15,17-18H,5-6,8,10,12-13H2,1-2H3. The van der Waals surface area contributed by atoms with Crippen LogP contribution >= 0.6 is 0 Å². The van der Waals surface area contributed by atoms with Crippen molar-refractivity contribution >= 4 is 17.7 Å². The number of rotatable bonds is 6. The van der Waals surface area contributed by atoms with E-state index in [0.29, 0.717) is 50.3 Å². The third-order valence-electron chi connectivity index (χ3n) is 6.22. The van der Waals surface area contributed by atoms with Gasteiger partial charge < -0.3 is 14.4 Å². The minimum absolute atomic E-state index is 0.0253. The Bertz CT molecular complexity index is 833. The molecule has 2 aliphatic heterocycles. The van der Waals surface area contributed by atoms with E-state index in [1.807, 2.05) is 24.3 Å². The lowest BCUT2D eigenvalue weighted by molar-refractivity contribution is -0.152. The van der Waals surface area contributed by atoms with Crippen LogP contribution in [0.3, 0.4) is 0 Å². The number of methoxy groups -OCH3 is 2. The summed E-state index contributed by atoms with van der Waals surface area (Å²) >= 11 is 0. The number of fused-ring (bicyclic) bond motifs is 1. The van der Waals surface area contributed by atoms with Crippen LogP contribution in [0.4, 0.5) is 0 Å². The summed E-state index contributed by atoms with van der Waals surface area (Å²) in [6.07, 6.45) is 6.17.